The van der Waals surface area contributed by atoms with Gasteiger partial charge in [0.05, 0.1) is 5.52 Å². The molecule has 4 rings (SSSR count). The summed E-state index contributed by atoms with van der Waals surface area (Å²) in [6.45, 7) is 3.00. The molecule has 1 aliphatic heterocycles. The third kappa shape index (κ3) is 2.83. The summed E-state index contributed by atoms with van der Waals surface area (Å²) in [5, 5.41) is 0.865. The fourth-order valence-corrected chi connectivity index (χ4v) is 5.33. The third-order valence-electron chi connectivity index (χ3n) is 5.29. The molecular weight excluding hydrogens is 322 g/mol. The third-order valence-corrected chi connectivity index (χ3v) is 7.22. The van der Waals surface area contributed by atoms with Gasteiger partial charge in [-0.1, -0.05) is 24.6 Å². The summed E-state index contributed by atoms with van der Waals surface area (Å²) in [6.07, 6.45) is 6.39. The second-order valence-corrected chi connectivity index (χ2v) is 8.62. The highest BCUT2D eigenvalue weighted by Gasteiger charge is 2.31. The lowest BCUT2D eigenvalue weighted by Gasteiger charge is -2.36. The maximum atomic E-state index is 13.2. The van der Waals surface area contributed by atoms with Gasteiger partial charge in [0.25, 0.3) is 0 Å². The van der Waals surface area contributed by atoms with E-state index in [1.807, 2.05) is 18.2 Å². The highest BCUT2D eigenvalue weighted by molar-refractivity contribution is 7.89. The monoisotopic (exact) mass is 345 g/mol. The second-order valence-electron chi connectivity index (χ2n) is 6.71. The molecule has 5 nitrogen and oxygen atoms in total. The largest absolute Gasteiger partial charge is 0.299 e. The van der Waals surface area contributed by atoms with E-state index in [2.05, 4.69) is 9.88 Å². The Kier molecular flexibility index (Phi) is 4.28. The summed E-state index contributed by atoms with van der Waals surface area (Å²) in [5.74, 6) is 0. The van der Waals surface area contributed by atoms with Crippen LogP contribution >= 0.6 is 0 Å². The second kappa shape index (κ2) is 6.43. The molecule has 1 aromatic heterocycles. The van der Waals surface area contributed by atoms with Crippen LogP contribution in [0.2, 0.25) is 0 Å². The average molecular weight is 345 g/mol. The minimum absolute atomic E-state index is 0.331. The SMILES string of the molecule is O=S(=O)(c1cccc2cccnc12)N1CCCN(C2CCC2)CC1. The Morgan fingerprint density at radius 3 is 2.58 bits per heavy atom. The molecule has 0 atom stereocenters. The van der Waals surface area contributed by atoms with Crippen LogP contribution in [0.15, 0.2) is 41.4 Å². The van der Waals surface area contributed by atoms with Crippen molar-refractivity contribution in [3.63, 3.8) is 0 Å². The van der Waals surface area contributed by atoms with E-state index in [9.17, 15) is 8.42 Å². The summed E-state index contributed by atoms with van der Waals surface area (Å²) in [6, 6.07) is 9.80. The standard InChI is InChI=1S/C18H23N3O2S/c22-24(23,17-9-1-5-15-6-3-10-19-18(15)17)21-12-4-11-20(13-14-21)16-7-2-8-16/h1,3,5-6,9-10,16H,2,4,7-8,11-14H2. The van der Waals surface area contributed by atoms with Crippen molar-refractivity contribution in [2.24, 2.45) is 0 Å². The molecule has 0 radical (unpaired) electrons. The fourth-order valence-electron chi connectivity index (χ4n) is 3.69. The summed E-state index contributed by atoms with van der Waals surface area (Å²) in [7, 11) is -3.51. The zero-order valence-corrected chi connectivity index (χ0v) is 14.6. The van der Waals surface area contributed by atoms with Crippen LogP contribution < -0.4 is 0 Å². The minimum Gasteiger partial charge on any atom is -0.299 e. The van der Waals surface area contributed by atoms with Gasteiger partial charge in [-0.2, -0.15) is 4.31 Å². The molecule has 2 aliphatic rings. The normalized spacial score (nSPS) is 21.5. The van der Waals surface area contributed by atoms with Gasteiger partial charge in [-0.3, -0.25) is 9.88 Å². The number of nitrogens with zero attached hydrogens (tertiary/aromatic N) is 3. The maximum absolute atomic E-state index is 13.2. The van der Waals surface area contributed by atoms with Gasteiger partial charge in [-0.25, -0.2) is 8.42 Å². The number of sulfonamides is 1. The molecule has 24 heavy (non-hydrogen) atoms. The van der Waals surface area contributed by atoms with Crippen LogP contribution in [0.5, 0.6) is 0 Å². The summed E-state index contributed by atoms with van der Waals surface area (Å²) in [4.78, 5) is 7.12. The van der Waals surface area contributed by atoms with Crippen LogP contribution in [0.1, 0.15) is 25.7 Å². The number of pyridine rings is 1. The van der Waals surface area contributed by atoms with Crippen LogP contribution in [-0.2, 0) is 10.0 Å². The van der Waals surface area contributed by atoms with Crippen molar-refractivity contribution in [3.8, 4) is 0 Å². The Morgan fingerprint density at radius 1 is 0.958 bits per heavy atom. The van der Waals surface area contributed by atoms with Gasteiger partial charge in [-0.05, 0) is 37.9 Å². The Balaban J connectivity index is 1.62. The molecule has 2 aromatic rings. The fraction of sp³-hybridized carbons (Fsp3) is 0.500. The van der Waals surface area contributed by atoms with Crippen molar-refractivity contribution in [1.82, 2.24) is 14.2 Å². The molecule has 1 saturated heterocycles. The number of fused-ring (bicyclic) bond motifs is 1. The van der Waals surface area contributed by atoms with E-state index in [0.717, 1.165) is 24.9 Å². The molecule has 0 unspecified atom stereocenters. The topological polar surface area (TPSA) is 53.5 Å². The molecule has 6 heteroatoms. The van der Waals surface area contributed by atoms with Gasteiger partial charge in [-0.15, -0.1) is 0 Å². The predicted octanol–water partition coefficient (Wildman–Crippen LogP) is 2.48. The number of hydrogen-bond acceptors (Lipinski definition) is 4. The van der Waals surface area contributed by atoms with Crippen LogP contribution in [0.4, 0.5) is 0 Å². The van der Waals surface area contributed by atoms with Crippen LogP contribution in [-0.4, -0.2) is 54.8 Å². The molecule has 0 N–H and O–H groups in total. The zero-order valence-electron chi connectivity index (χ0n) is 13.8. The van der Waals surface area contributed by atoms with Crippen LogP contribution in [0, 0.1) is 0 Å². The molecule has 2 fully saturated rings. The Morgan fingerprint density at radius 2 is 1.79 bits per heavy atom. The smallest absolute Gasteiger partial charge is 0.245 e. The Bertz CT molecular complexity index is 828. The molecule has 0 bridgehead atoms. The van der Waals surface area contributed by atoms with Crippen LogP contribution in [0.3, 0.4) is 0 Å². The number of hydrogen-bond donors (Lipinski definition) is 0. The van der Waals surface area contributed by atoms with E-state index in [0.29, 0.717) is 29.5 Å². The minimum atomic E-state index is -3.51. The maximum Gasteiger partial charge on any atom is 0.245 e. The van der Waals surface area contributed by atoms with Crippen molar-refractivity contribution in [1.29, 1.82) is 0 Å². The first kappa shape index (κ1) is 16.0. The van der Waals surface area contributed by atoms with Gasteiger partial charge in [0, 0.05) is 37.3 Å². The number of benzene rings is 1. The lowest BCUT2D eigenvalue weighted by atomic mass is 9.91. The van der Waals surface area contributed by atoms with Gasteiger partial charge < -0.3 is 0 Å². The zero-order chi connectivity index (χ0) is 16.6. The molecule has 128 valence electrons. The first-order valence-electron chi connectivity index (χ1n) is 8.74. The van der Waals surface area contributed by atoms with E-state index in [1.165, 1.54) is 19.3 Å². The highest BCUT2D eigenvalue weighted by Crippen LogP contribution is 2.28. The average Bonchev–Trinajstić information content (AvgIpc) is 2.79. The predicted molar refractivity (Wildman–Crippen MR) is 94.3 cm³/mol. The lowest BCUT2D eigenvalue weighted by Crippen LogP contribution is -2.42. The van der Waals surface area contributed by atoms with Crippen molar-refractivity contribution < 1.29 is 8.42 Å². The number of para-hydroxylation sites is 1. The number of rotatable bonds is 3. The summed E-state index contributed by atoms with van der Waals surface area (Å²) >= 11 is 0. The number of aromatic nitrogens is 1. The highest BCUT2D eigenvalue weighted by atomic mass is 32.2. The first-order chi connectivity index (χ1) is 11.7. The van der Waals surface area contributed by atoms with E-state index in [1.54, 1.807) is 22.6 Å². The Hall–Kier alpha value is -1.50. The van der Waals surface area contributed by atoms with E-state index in [-0.39, 0.29) is 0 Å². The van der Waals surface area contributed by atoms with Crippen LogP contribution in [0.25, 0.3) is 10.9 Å². The molecule has 1 saturated carbocycles. The molecule has 0 spiro atoms. The van der Waals surface area contributed by atoms with E-state index < -0.39 is 10.0 Å². The molecule has 2 heterocycles. The van der Waals surface area contributed by atoms with E-state index in [4.69, 9.17) is 0 Å². The van der Waals surface area contributed by atoms with Gasteiger partial charge >= 0.3 is 0 Å². The molecular formula is C18H23N3O2S. The van der Waals surface area contributed by atoms with E-state index >= 15 is 0 Å². The quantitative estimate of drug-likeness (QED) is 0.858. The Labute approximate surface area is 143 Å². The molecule has 1 aliphatic carbocycles. The van der Waals surface area contributed by atoms with Gasteiger partial charge in [0.1, 0.15) is 4.90 Å². The van der Waals surface area contributed by atoms with Gasteiger partial charge in [0.15, 0.2) is 0 Å². The first-order valence-corrected chi connectivity index (χ1v) is 10.2. The lowest BCUT2D eigenvalue weighted by molar-refractivity contribution is 0.134. The summed E-state index contributed by atoms with van der Waals surface area (Å²) in [5.41, 5.74) is 0.570. The van der Waals surface area contributed by atoms with Crippen molar-refractivity contribution in [2.45, 2.75) is 36.6 Å². The van der Waals surface area contributed by atoms with Gasteiger partial charge in [0.2, 0.25) is 10.0 Å². The van der Waals surface area contributed by atoms with Crippen molar-refractivity contribution >= 4 is 20.9 Å². The van der Waals surface area contributed by atoms with Crippen molar-refractivity contribution in [2.75, 3.05) is 26.2 Å². The molecule has 0 amide bonds. The summed E-state index contributed by atoms with van der Waals surface area (Å²) < 4.78 is 28.0. The molecule has 1 aromatic carbocycles. The van der Waals surface area contributed by atoms with Crippen molar-refractivity contribution in [3.05, 3.63) is 36.5 Å².